The number of ether oxygens (including phenoxy) is 1. The lowest BCUT2D eigenvalue weighted by atomic mass is 10.1. The van der Waals surface area contributed by atoms with Gasteiger partial charge in [-0.1, -0.05) is 28.1 Å². The van der Waals surface area contributed by atoms with Crippen molar-refractivity contribution in [3.05, 3.63) is 58.3 Å². The van der Waals surface area contributed by atoms with Crippen LogP contribution in [-0.4, -0.2) is 5.11 Å². The Labute approximate surface area is 113 Å². The maximum atomic E-state index is 13.0. The summed E-state index contributed by atoms with van der Waals surface area (Å²) in [5, 5.41) is 9.50. The van der Waals surface area contributed by atoms with Gasteiger partial charge in [-0.25, -0.2) is 4.39 Å². The molecule has 0 heterocycles. The molecule has 0 aromatic heterocycles. The van der Waals surface area contributed by atoms with Crippen molar-refractivity contribution in [1.82, 2.24) is 0 Å². The van der Waals surface area contributed by atoms with E-state index < -0.39 is 6.10 Å². The first kappa shape index (κ1) is 13.1. The highest BCUT2D eigenvalue weighted by molar-refractivity contribution is 9.10. The van der Waals surface area contributed by atoms with Gasteiger partial charge in [-0.15, -0.1) is 0 Å². The number of aliphatic hydroxyl groups is 1. The molecule has 0 amide bonds. The van der Waals surface area contributed by atoms with Crippen molar-refractivity contribution < 1.29 is 14.2 Å². The summed E-state index contributed by atoms with van der Waals surface area (Å²) in [6, 6.07) is 11.2. The standard InChI is InChI=1S/C14H12BrFO2/c1-9(17)13-6-5-12(8-14(13)15)18-11-4-2-3-10(16)7-11/h2-9,17H,1H3/t9-/m0/s1. The Balaban J connectivity index is 2.23. The van der Waals surface area contributed by atoms with Crippen LogP contribution in [0.5, 0.6) is 11.5 Å². The molecule has 2 aromatic carbocycles. The first-order chi connectivity index (χ1) is 8.56. The van der Waals surface area contributed by atoms with E-state index in [9.17, 15) is 9.50 Å². The molecule has 0 aliphatic heterocycles. The van der Waals surface area contributed by atoms with E-state index in [-0.39, 0.29) is 5.82 Å². The van der Waals surface area contributed by atoms with E-state index in [4.69, 9.17) is 4.74 Å². The smallest absolute Gasteiger partial charge is 0.130 e. The van der Waals surface area contributed by atoms with Crippen LogP contribution in [0.3, 0.4) is 0 Å². The first-order valence-electron chi connectivity index (χ1n) is 5.47. The van der Waals surface area contributed by atoms with Gasteiger partial charge in [0.15, 0.2) is 0 Å². The van der Waals surface area contributed by atoms with Crippen LogP contribution in [0.2, 0.25) is 0 Å². The van der Waals surface area contributed by atoms with E-state index in [0.29, 0.717) is 11.5 Å². The molecule has 0 fully saturated rings. The molecule has 1 atom stereocenters. The van der Waals surface area contributed by atoms with Gasteiger partial charge in [-0.2, -0.15) is 0 Å². The molecule has 0 saturated carbocycles. The zero-order valence-corrected chi connectivity index (χ0v) is 11.3. The highest BCUT2D eigenvalue weighted by atomic mass is 79.9. The largest absolute Gasteiger partial charge is 0.457 e. The Morgan fingerprint density at radius 3 is 2.50 bits per heavy atom. The molecule has 0 aliphatic carbocycles. The third-order valence-electron chi connectivity index (χ3n) is 2.45. The van der Waals surface area contributed by atoms with E-state index in [2.05, 4.69) is 15.9 Å². The number of halogens is 2. The van der Waals surface area contributed by atoms with Gasteiger partial charge in [0.25, 0.3) is 0 Å². The van der Waals surface area contributed by atoms with Crippen LogP contribution >= 0.6 is 15.9 Å². The minimum absolute atomic E-state index is 0.341. The number of rotatable bonds is 3. The highest BCUT2D eigenvalue weighted by Gasteiger charge is 2.07. The minimum atomic E-state index is -0.553. The highest BCUT2D eigenvalue weighted by Crippen LogP contribution is 2.30. The summed E-state index contributed by atoms with van der Waals surface area (Å²) in [6.07, 6.45) is -0.553. The zero-order chi connectivity index (χ0) is 13.1. The van der Waals surface area contributed by atoms with Crippen LogP contribution in [0.4, 0.5) is 4.39 Å². The van der Waals surface area contributed by atoms with E-state index in [1.165, 1.54) is 12.1 Å². The van der Waals surface area contributed by atoms with Crippen molar-refractivity contribution in [3.8, 4) is 11.5 Å². The fraction of sp³-hybridized carbons (Fsp3) is 0.143. The number of hydrogen-bond donors (Lipinski definition) is 1. The average Bonchev–Trinajstić information content (AvgIpc) is 2.28. The Bertz CT molecular complexity index is 555. The molecular weight excluding hydrogens is 299 g/mol. The molecule has 0 unspecified atom stereocenters. The van der Waals surface area contributed by atoms with Crippen LogP contribution in [0.25, 0.3) is 0 Å². The molecule has 0 radical (unpaired) electrons. The van der Waals surface area contributed by atoms with Crippen molar-refractivity contribution in [2.75, 3.05) is 0 Å². The van der Waals surface area contributed by atoms with Gasteiger partial charge >= 0.3 is 0 Å². The quantitative estimate of drug-likeness (QED) is 0.908. The molecule has 0 saturated heterocycles. The summed E-state index contributed by atoms with van der Waals surface area (Å²) < 4.78 is 19.3. The lowest BCUT2D eigenvalue weighted by molar-refractivity contribution is 0.198. The third kappa shape index (κ3) is 3.09. The second kappa shape index (κ2) is 5.50. The topological polar surface area (TPSA) is 29.5 Å². The van der Waals surface area contributed by atoms with E-state index in [1.54, 1.807) is 37.3 Å². The fourth-order valence-electron chi connectivity index (χ4n) is 1.58. The summed E-state index contributed by atoms with van der Waals surface area (Å²) in [4.78, 5) is 0. The minimum Gasteiger partial charge on any atom is -0.457 e. The summed E-state index contributed by atoms with van der Waals surface area (Å²) in [5.41, 5.74) is 0.779. The van der Waals surface area contributed by atoms with Gasteiger partial charge in [0.1, 0.15) is 17.3 Å². The van der Waals surface area contributed by atoms with Crippen molar-refractivity contribution in [3.63, 3.8) is 0 Å². The van der Waals surface area contributed by atoms with Gasteiger partial charge in [-0.3, -0.25) is 0 Å². The summed E-state index contributed by atoms with van der Waals surface area (Å²) in [6.45, 7) is 1.69. The van der Waals surface area contributed by atoms with Crippen LogP contribution in [0.1, 0.15) is 18.6 Å². The third-order valence-corrected chi connectivity index (χ3v) is 3.14. The van der Waals surface area contributed by atoms with Gasteiger partial charge in [-0.05, 0) is 36.8 Å². The molecule has 2 nitrogen and oxygen atoms in total. The van der Waals surface area contributed by atoms with Crippen LogP contribution in [-0.2, 0) is 0 Å². The van der Waals surface area contributed by atoms with Crippen molar-refractivity contribution in [2.24, 2.45) is 0 Å². The Kier molecular flexibility index (Phi) is 3.99. The number of hydrogen-bond acceptors (Lipinski definition) is 2. The molecule has 18 heavy (non-hydrogen) atoms. The predicted molar refractivity (Wildman–Crippen MR) is 71.2 cm³/mol. The molecule has 4 heteroatoms. The van der Waals surface area contributed by atoms with Crippen molar-refractivity contribution in [2.45, 2.75) is 13.0 Å². The average molecular weight is 311 g/mol. The second-order valence-electron chi connectivity index (χ2n) is 3.92. The van der Waals surface area contributed by atoms with E-state index in [1.807, 2.05) is 0 Å². The molecular formula is C14H12BrFO2. The van der Waals surface area contributed by atoms with Crippen molar-refractivity contribution in [1.29, 1.82) is 0 Å². The van der Waals surface area contributed by atoms with E-state index in [0.717, 1.165) is 10.0 Å². The molecule has 0 spiro atoms. The molecule has 2 rings (SSSR count). The maximum Gasteiger partial charge on any atom is 0.130 e. The molecule has 2 aromatic rings. The predicted octanol–water partition coefficient (Wildman–Crippen LogP) is 4.43. The van der Waals surface area contributed by atoms with Crippen molar-refractivity contribution >= 4 is 15.9 Å². The van der Waals surface area contributed by atoms with Crippen LogP contribution in [0, 0.1) is 5.82 Å². The summed E-state index contributed by atoms with van der Waals surface area (Å²) in [7, 11) is 0. The van der Waals surface area contributed by atoms with Gasteiger partial charge in [0.2, 0.25) is 0 Å². The lowest BCUT2D eigenvalue weighted by Gasteiger charge is -2.10. The fourth-order valence-corrected chi connectivity index (χ4v) is 2.27. The zero-order valence-electron chi connectivity index (χ0n) is 9.73. The first-order valence-corrected chi connectivity index (χ1v) is 6.26. The lowest BCUT2D eigenvalue weighted by Crippen LogP contribution is -1.93. The Morgan fingerprint density at radius 2 is 1.89 bits per heavy atom. The number of aliphatic hydroxyl groups excluding tert-OH is 1. The monoisotopic (exact) mass is 310 g/mol. The Hall–Kier alpha value is -1.39. The maximum absolute atomic E-state index is 13.0. The normalized spacial score (nSPS) is 12.2. The summed E-state index contributed by atoms with van der Waals surface area (Å²) >= 11 is 3.36. The molecule has 1 N–H and O–H groups in total. The number of benzene rings is 2. The van der Waals surface area contributed by atoms with Gasteiger partial charge < -0.3 is 9.84 Å². The molecule has 94 valence electrons. The van der Waals surface area contributed by atoms with E-state index >= 15 is 0 Å². The summed E-state index contributed by atoms with van der Waals surface area (Å²) in [5.74, 6) is 0.677. The van der Waals surface area contributed by atoms with Gasteiger partial charge in [0.05, 0.1) is 6.10 Å². The molecule has 0 aliphatic rings. The molecule has 0 bridgehead atoms. The SMILES string of the molecule is C[C@H](O)c1ccc(Oc2cccc(F)c2)cc1Br. The second-order valence-corrected chi connectivity index (χ2v) is 4.77. The van der Waals surface area contributed by atoms with Gasteiger partial charge in [0, 0.05) is 10.5 Å². The van der Waals surface area contributed by atoms with Crippen LogP contribution < -0.4 is 4.74 Å². The van der Waals surface area contributed by atoms with Crippen LogP contribution in [0.15, 0.2) is 46.9 Å². The Morgan fingerprint density at radius 1 is 1.17 bits per heavy atom.